The van der Waals surface area contributed by atoms with E-state index >= 15 is 0 Å². The van der Waals surface area contributed by atoms with E-state index in [0.717, 1.165) is 4.90 Å². The number of imide groups is 1. The molecule has 2 fully saturated rings. The standard InChI is InChI=1S/C12H8F2N2O4/c13-12(14)19-7-3-1-2-6(8(7)20-12)16-9(17)11(4-5-11)15-10(16)18/h1-3H,4-5H2,(H,15,18). The van der Waals surface area contributed by atoms with Gasteiger partial charge in [-0.3, -0.25) is 4.79 Å². The number of anilines is 1. The lowest BCUT2D eigenvalue weighted by molar-refractivity contribution is -0.286. The summed E-state index contributed by atoms with van der Waals surface area (Å²) in [4.78, 5) is 25.0. The van der Waals surface area contributed by atoms with Crippen molar-refractivity contribution in [3.05, 3.63) is 18.2 Å². The number of halogens is 2. The first kappa shape index (κ1) is 11.4. The van der Waals surface area contributed by atoms with Gasteiger partial charge >= 0.3 is 12.3 Å². The maximum absolute atomic E-state index is 13.1. The predicted molar refractivity (Wildman–Crippen MR) is 60.6 cm³/mol. The van der Waals surface area contributed by atoms with Crippen LogP contribution in [0.1, 0.15) is 12.8 Å². The van der Waals surface area contributed by atoms with Crippen molar-refractivity contribution in [3.8, 4) is 11.5 Å². The number of carbonyl (C=O) groups excluding carboxylic acids is 2. The highest BCUT2D eigenvalue weighted by atomic mass is 19.3. The van der Waals surface area contributed by atoms with E-state index in [0.29, 0.717) is 12.8 Å². The Morgan fingerprint density at radius 3 is 2.60 bits per heavy atom. The maximum atomic E-state index is 13.1. The van der Waals surface area contributed by atoms with E-state index in [9.17, 15) is 18.4 Å². The van der Waals surface area contributed by atoms with Gasteiger partial charge in [0.25, 0.3) is 5.91 Å². The number of benzene rings is 1. The van der Waals surface area contributed by atoms with E-state index in [1.165, 1.54) is 18.2 Å². The quantitative estimate of drug-likeness (QED) is 0.794. The summed E-state index contributed by atoms with van der Waals surface area (Å²) >= 11 is 0. The molecule has 1 aromatic rings. The molecule has 1 N–H and O–H groups in total. The zero-order valence-electron chi connectivity index (χ0n) is 9.98. The van der Waals surface area contributed by atoms with Crippen LogP contribution in [0.2, 0.25) is 0 Å². The van der Waals surface area contributed by atoms with Gasteiger partial charge in [-0.15, -0.1) is 8.78 Å². The normalized spacial score (nSPS) is 24.2. The Hall–Kier alpha value is -2.38. The van der Waals surface area contributed by atoms with Crippen LogP contribution in [-0.4, -0.2) is 23.8 Å². The Morgan fingerprint density at radius 1 is 1.20 bits per heavy atom. The van der Waals surface area contributed by atoms with Gasteiger partial charge in [0, 0.05) is 0 Å². The van der Waals surface area contributed by atoms with Crippen molar-refractivity contribution in [1.29, 1.82) is 0 Å². The lowest BCUT2D eigenvalue weighted by Crippen LogP contribution is -2.33. The average Bonchev–Trinajstić information content (AvgIpc) is 2.99. The van der Waals surface area contributed by atoms with Crippen molar-refractivity contribution in [2.75, 3.05) is 4.90 Å². The molecule has 1 saturated carbocycles. The minimum atomic E-state index is -3.80. The first-order valence-electron chi connectivity index (χ1n) is 5.97. The van der Waals surface area contributed by atoms with E-state index in [-0.39, 0.29) is 17.2 Å². The van der Waals surface area contributed by atoms with Crippen molar-refractivity contribution in [2.24, 2.45) is 0 Å². The summed E-state index contributed by atoms with van der Waals surface area (Å²) in [5, 5.41) is 2.57. The molecule has 0 bridgehead atoms. The maximum Gasteiger partial charge on any atom is 0.586 e. The second-order valence-corrected chi connectivity index (χ2v) is 4.92. The van der Waals surface area contributed by atoms with Crippen LogP contribution in [-0.2, 0) is 4.79 Å². The van der Waals surface area contributed by atoms with Gasteiger partial charge in [-0.2, -0.15) is 0 Å². The number of rotatable bonds is 1. The Labute approximate surface area is 111 Å². The molecule has 0 atom stereocenters. The molecule has 1 aromatic carbocycles. The van der Waals surface area contributed by atoms with Crippen LogP contribution in [0.4, 0.5) is 19.3 Å². The first-order chi connectivity index (χ1) is 9.42. The van der Waals surface area contributed by atoms with E-state index in [1.54, 1.807) is 0 Å². The molecule has 1 saturated heterocycles. The Bertz CT molecular complexity index is 657. The number of para-hydroxylation sites is 1. The molecule has 8 heteroatoms. The molecule has 2 heterocycles. The molecule has 2 aliphatic heterocycles. The number of carbonyl (C=O) groups is 2. The van der Waals surface area contributed by atoms with Crippen LogP contribution in [0.5, 0.6) is 11.5 Å². The van der Waals surface area contributed by atoms with Crippen LogP contribution >= 0.6 is 0 Å². The van der Waals surface area contributed by atoms with E-state index in [2.05, 4.69) is 14.8 Å². The Kier molecular flexibility index (Phi) is 1.83. The topological polar surface area (TPSA) is 67.9 Å². The number of ether oxygens (including phenoxy) is 2. The molecule has 0 aromatic heterocycles. The van der Waals surface area contributed by atoms with Gasteiger partial charge in [-0.05, 0) is 25.0 Å². The zero-order chi connectivity index (χ0) is 14.1. The second-order valence-electron chi connectivity index (χ2n) is 4.92. The lowest BCUT2D eigenvalue weighted by atomic mass is 10.2. The number of nitrogens with one attached hydrogen (secondary N) is 1. The number of hydrogen-bond acceptors (Lipinski definition) is 4. The molecule has 0 radical (unpaired) electrons. The third-order valence-corrected chi connectivity index (χ3v) is 3.56. The van der Waals surface area contributed by atoms with Crippen molar-refractivity contribution in [2.45, 2.75) is 24.7 Å². The summed E-state index contributed by atoms with van der Waals surface area (Å²) in [5.41, 5.74) is -0.895. The van der Waals surface area contributed by atoms with Crippen LogP contribution in [0.25, 0.3) is 0 Å². The molecular weight excluding hydrogens is 274 g/mol. The van der Waals surface area contributed by atoms with E-state index in [1.807, 2.05) is 0 Å². The van der Waals surface area contributed by atoms with Gasteiger partial charge in [-0.25, -0.2) is 9.69 Å². The van der Waals surface area contributed by atoms with Crippen LogP contribution in [0.3, 0.4) is 0 Å². The van der Waals surface area contributed by atoms with Crippen molar-refractivity contribution in [3.63, 3.8) is 0 Å². The van der Waals surface area contributed by atoms with Gasteiger partial charge in [0.1, 0.15) is 5.54 Å². The fourth-order valence-electron chi connectivity index (χ4n) is 2.43. The average molecular weight is 282 g/mol. The monoisotopic (exact) mass is 282 g/mol. The molecule has 20 heavy (non-hydrogen) atoms. The molecule has 104 valence electrons. The second kappa shape index (κ2) is 3.20. The van der Waals surface area contributed by atoms with Gasteiger partial charge in [0.05, 0.1) is 5.69 Å². The van der Waals surface area contributed by atoms with Gasteiger partial charge in [0.2, 0.25) is 0 Å². The first-order valence-corrected chi connectivity index (χ1v) is 5.97. The number of urea groups is 1. The molecule has 3 amide bonds. The van der Waals surface area contributed by atoms with Crippen molar-refractivity contribution >= 4 is 17.6 Å². The number of alkyl halides is 2. The summed E-state index contributed by atoms with van der Waals surface area (Å²) in [7, 11) is 0. The summed E-state index contributed by atoms with van der Waals surface area (Å²) in [6, 6.07) is 3.42. The van der Waals surface area contributed by atoms with Crippen LogP contribution < -0.4 is 19.7 Å². The Balaban J connectivity index is 1.80. The molecule has 1 aliphatic carbocycles. The molecular formula is C12H8F2N2O4. The summed E-state index contributed by atoms with van der Waals surface area (Å²) in [6.07, 6.45) is -2.69. The smallest absolute Gasteiger partial charge is 0.395 e. The molecule has 0 unspecified atom stereocenters. The largest absolute Gasteiger partial charge is 0.586 e. The molecule has 4 rings (SSSR count). The van der Waals surface area contributed by atoms with Gasteiger partial charge < -0.3 is 14.8 Å². The highest BCUT2D eigenvalue weighted by molar-refractivity contribution is 6.25. The lowest BCUT2D eigenvalue weighted by Gasteiger charge is -2.14. The number of hydrogen-bond donors (Lipinski definition) is 1. The summed E-state index contributed by atoms with van der Waals surface area (Å²) < 4.78 is 34.9. The van der Waals surface area contributed by atoms with Crippen LogP contribution in [0, 0.1) is 0 Å². The SMILES string of the molecule is O=C1NC2(CC2)C(=O)N1c1cccc2c1OC(F)(F)O2. The Morgan fingerprint density at radius 2 is 1.95 bits per heavy atom. The molecule has 3 aliphatic rings. The fraction of sp³-hybridized carbons (Fsp3) is 0.333. The minimum absolute atomic E-state index is 0.0362. The third-order valence-electron chi connectivity index (χ3n) is 3.56. The predicted octanol–water partition coefficient (Wildman–Crippen LogP) is 1.60. The highest BCUT2D eigenvalue weighted by Gasteiger charge is 2.61. The number of amides is 3. The third kappa shape index (κ3) is 1.36. The number of fused-ring (bicyclic) bond motifs is 1. The van der Waals surface area contributed by atoms with E-state index in [4.69, 9.17) is 0 Å². The van der Waals surface area contributed by atoms with Gasteiger partial charge in [-0.1, -0.05) is 6.07 Å². The number of nitrogens with zero attached hydrogens (tertiary/aromatic N) is 1. The fourth-order valence-corrected chi connectivity index (χ4v) is 2.43. The zero-order valence-corrected chi connectivity index (χ0v) is 9.98. The molecule has 6 nitrogen and oxygen atoms in total. The minimum Gasteiger partial charge on any atom is -0.395 e. The van der Waals surface area contributed by atoms with E-state index < -0.39 is 23.8 Å². The van der Waals surface area contributed by atoms with Gasteiger partial charge in [0.15, 0.2) is 11.5 Å². The summed E-state index contributed by atoms with van der Waals surface area (Å²) in [6.45, 7) is 0. The highest BCUT2D eigenvalue weighted by Crippen LogP contribution is 2.50. The summed E-state index contributed by atoms with van der Waals surface area (Å²) in [5.74, 6) is -0.960. The van der Waals surface area contributed by atoms with Crippen LogP contribution in [0.15, 0.2) is 18.2 Å². The molecule has 1 spiro atoms. The van der Waals surface area contributed by atoms with Crippen molar-refractivity contribution < 1.29 is 27.8 Å². The van der Waals surface area contributed by atoms with Crippen molar-refractivity contribution in [1.82, 2.24) is 5.32 Å².